The molecule has 12 nitrogen and oxygen atoms in total. The first-order valence-electron chi connectivity index (χ1n) is 8.44. The minimum absolute atomic E-state index is 0.116. The smallest absolute Gasteiger partial charge is 0.315 e. The molecule has 12 heteroatoms. The maximum absolute atomic E-state index is 11.9. The lowest BCUT2D eigenvalue weighted by Crippen LogP contribution is -2.51. The van der Waals surface area contributed by atoms with Crippen LogP contribution in [0, 0.1) is 5.41 Å². The maximum atomic E-state index is 11.9. The van der Waals surface area contributed by atoms with Crippen LogP contribution in [0.25, 0.3) is 0 Å². The van der Waals surface area contributed by atoms with Crippen molar-refractivity contribution in [3.05, 3.63) is 0 Å². The van der Waals surface area contributed by atoms with Crippen LogP contribution >= 0.6 is 0 Å². The van der Waals surface area contributed by atoms with Gasteiger partial charge in [-0.15, -0.1) is 0 Å². The highest BCUT2D eigenvalue weighted by atomic mass is 16.2. The predicted molar refractivity (Wildman–Crippen MR) is 98.7 cm³/mol. The van der Waals surface area contributed by atoms with Crippen LogP contribution in [0.2, 0.25) is 0 Å². The Kier molecular flexibility index (Phi) is 11.9. The largest absolute Gasteiger partial charge is 0.370 e. The summed E-state index contributed by atoms with van der Waals surface area (Å²) in [5, 5.41) is 22.9. The van der Waals surface area contributed by atoms with E-state index in [1.165, 1.54) is 0 Å². The quantitative estimate of drug-likeness (QED) is 0.118. The first kappa shape index (κ1) is 23.1. The summed E-state index contributed by atoms with van der Waals surface area (Å²) >= 11 is 0. The molecule has 0 radical (unpaired) electrons. The fourth-order valence-corrected chi connectivity index (χ4v) is 1.99. The molecule has 0 saturated heterocycles. The molecule has 0 aromatic carbocycles. The van der Waals surface area contributed by atoms with Crippen LogP contribution in [0.4, 0.5) is 14.4 Å². The van der Waals surface area contributed by atoms with Crippen LogP contribution in [0.3, 0.4) is 0 Å². The summed E-state index contributed by atoms with van der Waals surface area (Å²) in [4.78, 5) is 34.2. The Bertz CT molecular complexity index is 473. The van der Waals surface area contributed by atoms with Crippen molar-refractivity contribution >= 4 is 24.1 Å². The summed E-state index contributed by atoms with van der Waals surface area (Å²) in [7, 11) is 0. The molecule has 0 spiro atoms. The summed E-state index contributed by atoms with van der Waals surface area (Å²) in [5.41, 5.74) is 10.2. The Balaban J connectivity index is 4.32. The number of carbonyl (C=O) groups excluding carboxylic acids is 3. The van der Waals surface area contributed by atoms with Crippen LogP contribution < -0.4 is 43.4 Å². The van der Waals surface area contributed by atoms with Crippen molar-refractivity contribution in [3.63, 3.8) is 0 Å². The molecule has 150 valence electrons. The van der Waals surface area contributed by atoms with E-state index in [0.717, 1.165) is 0 Å². The van der Waals surface area contributed by atoms with Gasteiger partial charge in [-0.25, -0.2) is 14.4 Å². The number of carbonyl (C=O) groups is 3. The van der Waals surface area contributed by atoms with Crippen LogP contribution in [-0.2, 0) is 0 Å². The van der Waals surface area contributed by atoms with Gasteiger partial charge in [-0.2, -0.15) is 0 Å². The van der Waals surface area contributed by atoms with Gasteiger partial charge in [0, 0.05) is 38.3 Å². The summed E-state index contributed by atoms with van der Waals surface area (Å²) in [6.07, 6.45) is 1.23. The average molecular weight is 373 g/mol. The van der Waals surface area contributed by atoms with Crippen LogP contribution in [-0.4, -0.2) is 62.3 Å². The molecule has 0 aliphatic carbocycles. The molecule has 0 unspecified atom stereocenters. The van der Waals surface area contributed by atoms with Crippen molar-refractivity contribution < 1.29 is 14.4 Å². The number of primary amides is 1. The van der Waals surface area contributed by atoms with Crippen LogP contribution in [0.1, 0.15) is 26.7 Å². The molecule has 0 saturated carbocycles. The zero-order chi connectivity index (χ0) is 19.9. The number of guanidine groups is 1. The Hall–Kier alpha value is -2.92. The van der Waals surface area contributed by atoms with Crippen molar-refractivity contribution in [2.24, 2.45) is 11.5 Å². The standard InChI is InChI=1S/C14H31N9O3/c1-3-18-13(25)23-10(5-4-6-19-11(15)16)8-21-14(26)22-9(2)7-20-12(17)24/h9-10H,3-8H2,1-2H3,(H4,15,16,19)(H3,17,20,24)(H2,18,23,25)(H2,21,22,26)/t9-,10-/m0/s1. The number of nitrogens with two attached hydrogens (primary N) is 2. The predicted octanol–water partition coefficient (Wildman–Crippen LogP) is -1.71. The lowest BCUT2D eigenvalue weighted by atomic mass is 10.1. The van der Waals surface area contributed by atoms with E-state index >= 15 is 0 Å². The van der Waals surface area contributed by atoms with Gasteiger partial charge in [0.25, 0.3) is 0 Å². The van der Waals surface area contributed by atoms with Gasteiger partial charge in [0.05, 0.1) is 0 Å². The molecule has 11 N–H and O–H groups in total. The molecule has 0 heterocycles. The van der Waals surface area contributed by atoms with Gasteiger partial charge in [-0.3, -0.25) is 5.41 Å². The van der Waals surface area contributed by atoms with Crippen molar-refractivity contribution in [3.8, 4) is 0 Å². The number of nitrogens with one attached hydrogen (secondary N) is 7. The van der Waals surface area contributed by atoms with E-state index in [1.54, 1.807) is 13.8 Å². The minimum atomic E-state index is -0.663. The third-order valence-electron chi connectivity index (χ3n) is 3.19. The third kappa shape index (κ3) is 13.5. The first-order valence-corrected chi connectivity index (χ1v) is 8.44. The van der Waals surface area contributed by atoms with E-state index < -0.39 is 12.1 Å². The fourth-order valence-electron chi connectivity index (χ4n) is 1.99. The SMILES string of the molecule is CCNC(=O)N[C@@H](CCCNC(=N)N)CNC(=O)N[C@@H](C)CNC(N)=O. The van der Waals surface area contributed by atoms with E-state index in [9.17, 15) is 14.4 Å². The molecule has 2 atom stereocenters. The highest BCUT2D eigenvalue weighted by Crippen LogP contribution is 1.96. The lowest BCUT2D eigenvalue weighted by molar-refractivity contribution is 0.229. The molecule has 0 rings (SSSR count). The molecule has 0 bridgehead atoms. The van der Waals surface area contributed by atoms with Crippen LogP contribution in [0.15, 0.2) is 0 Å². The average Bonchev–Trinajstić information content (AvgIpc) is 2.54. The molecule has 0 aromatic heterocycles. The van der Waals surface area contributed by atoms with E-state index in [2.05, 4.69) is 31.9 Å². The second kappa shape index (κ2) is 13.4. The number of urea groups is 3. The van der Waals surface area contributed by atoms with Crippen molar-refractivity contribution in [1.29, 1.82) is 5.41 Å². The van der Waals surface area contributed by atoms with Gasteiger partial charge in [0.15, 0.2) is 5.96 Å². The fraction of sp³-hybridized carbons (Fsp3) is 0.714. The second-order valence-corrected chi connectivity index (χ2v) is 5.68. The normalized spacial score (nSPS) is 12.2. The van der Waals surface area contributed by atoms with Gasteiger partial charge >= 0.3 is 18.1 Å². The van der Waals surface area contributed by atoms with Crippen molar-refractivity contribution in [2.45, 2.75) is 38.8 Å². The molecular formula is C14H31N9O3. The monoisotopic (exact) mass is 373 g/mol. The van der Waals surface area contributed by atoms with E-state index in [0.29, 0.717) is 25.9 Å². The van der Waals surface area contributed by atoms with Gasteiger partial charge < -0.3 is 43.4 Å². The maximum Gasteiger partial charge on any atom is 0.315 e. The Morgan fingerprint density at radius 2 is 1.62 bits per heavy atom. The third-order valence-corrected chi connectivity index (χ3v) is 3.19. The number of amides is 6. The van der Waals surface area contributed by atoms with Gasteiger partial charge in [-0.05, 0) is 26.7 Å². The van der Waals surface area contributed by atoms with Gasteiger partial charge in [0.2, 0.25) is 0 Å². The summed E-state index contributed by atoms with van der Waals surface area (Å²) in [5.74, 6) is -0.116. The summed E-state index contributed by atoms with van der Waals surface area (Å²) in [6, 6.07) is -2.01. The summed E-state index contributed by atoms with van der Waals surface area (Å²) < 4.78 is 0. The molecule has 0 aliphatic rings. The van der Waals surface area contributed by atoms with E-state index in [-0.39, 0.29) is 37.2 Å². The molecule has 0 aliphatic heterocycles. The number of hydrogen-bond donors (Lipinski definition) is 9. The minimum Gasteiger partial charge on any atom is -0.370 e. The highest BCUT2D eigenvalue weighted by molar-refractivity contribution is 5.76. The molecule has 0 fully saturated rings. The molecule has 26 heavy (non-hydrogen) atoms. The van der Waals surface area contributed by atoms with E-state index in [1.807, 2.05) is 0 Å². The van der Waals surface area contributed by atoms with Crippen molar-refractivity contribution in [1.82, 2.24) is 31.9 Å². The second-order valence-electron chi connectivity index (χ2n) is 5.68. The van der Waals surface area contributed by atoms with E-state index in [4.69, 9.17) is 16.9 Å². The summed E-state index contributed by atoms with van der Waals surface area (Å²) in [6.45, 7) is 4.93. The zero-order valence-corrected chi connectivity index (χ0v) is 15.3. The van der Waals surface area contributed by atoms with Crippen LogP contribution in [0.5, 0.6) is 0 Å². The van der Waals surface area contributed by atoms with Crippen molar-refractivity contribution in [2.75, 3.05) is 26.2 Å². The molecule has 6 amide bonds. The number of hydrogen-bond acceptors (Lipinski definition) is 4. The Labute approximate surface area is 153 Å². The van der Waals surface area contributed by atoms with Gasteiger partial charge in [-0.1, -0.05) is 0 Å². The zero-order valence-electron chi connectivity index (χ0n) is 15.3. The first-order chi connectivity index (χ1) is 12.2. The Morgan fingerprint density at radius 1 is 0.962 bits per heavy atom. The Morgan fingerprint density at radius 3 is 2.19 bits per heavy atom. The van der Waals surface area contributed by atoms with Gasteiger partial charge in [0.1, 0.15) is 0 Å². The highest BCUT2D eigenvalue weighted by Gasteiger charge is 2.14. The molecule has 0 aromatic rings. The lowest BCUT2D eigenvalue weighted by Gasteiger charge is -2.21. The molecular weight excluding hydrogens is 342 g/mol. The topological polar surface area (TPSA) is 199 Å². The number of rotatable bonds is 11.